The third-order valence-electron chi connectivity index (χ3n) is 4.24. The van der Waals surface area contributed by atoms with Gasteiger partial charge in [-0.3, -0.25) is 0 Å². The minimum Gasteiger partial charge on any atom is -0.327 e. The van der Waals surface area contributed by atoms with Crippen molar-refractivity contribution < 1.29 is 0 Å². The van der Waals surface area contributed by atoms with Gasteiger partial charge in [-0.25, -0.2) is 0 Å². The monoisotopic (exact) mass is 226 g/mol. The highest BCUT2D eigenvalue weighted by Crippen LogP contribution is 2.38. The van der Waals surface area contributed by atoms with Crippen molar-refractivity contribution in [3.8, 4) is 0 Å². The summed E-state index contributed by atoms with van der Waals surface area (Å²) in [7, 11) is 2.26. The van der Waals surface area contributed by atoms with Crippen molar-refractivity contribution in [3.05, 3.63) is 0 Å². The molecular weight excluding hydrogens is 196 g/mol. The Kier molecular flexibility index (Phi) is 4.81. The first-order chi connectivity index (χ1) is 7.32. The van der Waals surface area contributed by atoms with Crippen LogP contribution in [0, 0.1) is 11.3 Å². The molecule has 1 fully saturated rings. The topological polar surface area (TPSA) is 29.3 Å². The molecule has 16 heavy (non-hydrogen) atoms. The molecule has 0 spiro atoms. The van der Waals surface area contributed by atoms with E-state index in [9.17, 15) is 0 Å². The van der Waals surface area contributed by atoms with E-state index in [-0.39, 0.29) is 0 Å². The van der Waals surface area contributed by atoms with Crippen LogP contribution in [0.15, 0.2) is 0 Å². The fourth-order valence-electron chi connectivity index (χ4n) is 2.64. The van der Waals surface area contributed by atoms with Crippen LogP contribution < -0.4 is 5.73 Å². The van der Waals surface area contributed by atoms with Gasteiger partial charge in [0.05, 0.1) is 0 Å². The molecule has 0 radical (unpaired) electrons. The maximum atomic E-state index is 6.09. The molecule has 0 heterocycles. The first kappa shape index (κ1) is 14.0. The molecule has 1 rings (SSSR count). The summed E-state index contributed by atoms with van der Waals surface area (Å²) >= 11 is 0. The Bertz CT molecular complexity index is 211. The van der Waals surface area contributed by atoms with Crippen LogP contribution in [0.4, 0.5) is 0 Å². The van der Waals surface area contributed by atoms with Crippen LogP contribution >= 0.6 is 0 Å². The number of rotatable bonds is 5. The molecule has 1 aliphatic carbocycles. The van der Waals surface area contributed by atoms with Crippen molar-refractivity contribution in [3.63, 3.8) is 0 Å². The molecule has 0 aliphatic heterocycles. The second-order valence-corrected chi connectivity index (χ2v) is 6.74. The van der Waals surface area contributed by atoms with Gasteiger partial charge < -0.3 is 10.6 Å². The van der Waals surface area contributed by atoms with Gasteiger partial charge in [-0.15, -0.1) is 0 Å². The van der Waals surface area contributed by atoms with E-state index in [2.05, 4.69) is 39.6 Å². The highest BCUT2D eigenvalue weighted by Gasteiger charge is 2.32. The smallest absolute Gasteiger partial charge is 0.00975 e. The maximum Gasteiger partial charge on any atom is 0.00975 e. The standard InChI is InChI=1S/C14H30N2/c1-11(2)13(15)7-9-16(5)12-6-8-14(3,4)10-12/h11-13H,6-10,15H2,1-5H3. The lowest BCUT2D eigenvalue weighted by Gasteiger charge is -2.27. The number of nitrogens with zero attached hydrogens (tertiary/aromatic N) is 1. The van der Waals surface area contributed by atoms with Gasteiger partial charge in [-0.2, -0.15) is 0 Å². The summed E-state index contributed by atoms with van der Waals surface area (Å²) in [5.41, 5.74) is 6.64. The third kappa shape index (κ3) is 4.06. The van der Waals surface area contributed by atoms with Crippen LogP contribution in [-0.4, -0.2) is 30.6 Å². The van der Waals surface area contributed by atoms with E-state index in [4.69, 9.17) is 5.73 Å². The molecular formula is C14H30N2. The maximum absolute atomic E-state index is 6.09. The van der Waals surface area contributed by atoms with Gasteiger partial charge in [0.1, 0.15) is 0 Å². The van der Waals surface area contributed by atoms with Crippen molar-refractivity contribution in [2.45, 2.75) is 65.5 Å². The molecule has 0 aromatic heterocycles. The van der Waals surface area contributed by atoms with Gasteiger partial charge in [-0.1, -0.05) is 27.7 Å². The molecule has 2 nitrogen and oxygen atoms in total. The van der Waals surface area contributed by atoms with E-state index in [1.54, 1.807) is 0 Å². The Morgan fingerprint density at radius 1 is 1.38 bits per heavy atom. The van der Waals surface area contributed by atoms with Gasteiger partial charge in [-0.05, 0) is 50.6 Å². The van der Waals surface area contributed by atoms with E-state index in [0.717, 1.165) is 19.0 Å². The molecule has 0 aromatic rings. The van der Waals surface area contributed by atoms with E-state index in [1.807, 2.05) is 0 Å². The predicted octanol–water partition coefficient (Wildman–Crippen LogP) is 2.87. The summed E-state index contributed by atoms with van der Waals surface area (Å²) in [5.74, 6) is 0.605. The lowest BCUT2D eigenvalue weighted by molar-refractivity contribution is 0.215. The van der Waals surface area contributed by atoms with Crippen LogP contribution in [0.1, 0.15) is 53.4 Å². The summed E-state index contributed by atoms with van der Waals surface area (Å²) in [6, 6.07) is 1.14. The molecule has 96 valence electrons. The summed E-state index contributed by atoms with van der Waals surface area (Å²) in [6.07, 6.45) is 5.21. The SMILES string of the molecule is CC(C)C(N)CCN(C)C1CCC(C)(C)C1. The molecule has 0 aromatic carbocycles. The van der Waals surface area contributed by atoms with Crippen LogP contribution in [0.3, 0.4) is 0 Å². The fraction of sp³-hybridized carbons (Fsp3) is 1.00. The van der Waals surface area contributed by atoms with Gasteiger partial charge >= 0.3 is 0 Å². The number of nitrogens with two attached hydrogens (primary N) is 1. The van der Waals surface area contributed by atoms with Crippen molar-refractivity contribution in [1.82, 2.24) is 4.90 Å². The van der Waals surface area contributed by atoms with Gasteiger partial charge in [0.2, 0.25) is 0 Å². The molecule has 0 amide bonds. The Labute approximate surface area is 102 Å². The lowest BCUT2D eigenvalue weighted by Crippen LogP contribution is -2.36. The molecule has 2 heteroatoms. The highest BCUT2D eigenvalue weighted by atomic mass is 15.1. The Morgan fingerprint density at radius 2 is 2.00 bits per heavy atom. The molecule has 0 saturated heterocycles. The summed E-state index contributed by atoms with van der Waals surface area (Å²) in [4.78, 5) is 2.52. The molecule has 2 atom stereocenters. The van der Waals surface area contributed by atoms with E-state index < -0.39 is 0 Å². The molecule has 1 aliphatic rings. The fourth-order valence-corrected chi connectivity index (χ4v) is 2.64. The van der Waals surface area contributed by atoms with Crippen molar-refractivity contribution >= 4 is 0 Å². The Morgan fingerprint density at radius 3 is 2.44 bits per heavy atom. The van der Waals surface area contributed by atoms with Crippen molar-refractivity contribution in [2.24, 2.45) is 17.1 Å². The lowest BCUT2D eigenvalue weighted by atomic mass is 9.91. The normalized spacial score (nSPS) is 26.6. The van der Waals surface area contributed by atoms with E-state index >= 15 is 0 Å². The first-order valence-corrected chi connectivity index (χ1v) is 6.77. The van der Waals surface area contributed by atoms with E-state index in [1.165, 1.54) is 19.3 Å². The number of hydrogen-bond donors (Lipinski definition) is 1. The minimum atomic E-state index is 0.358. The van der Waals surface area contributed by atoms with Gasteiger partial charge in [0.25, 0.3) is 0 Å². The predicted molar refractivity (Wildman–Crippen MR) is 71.5 cm³/mol. The zero-order valence-electron chi connectivity index (χ0n) is 11.8. The zero-order valence-corrected chi connectivity index (χ0v) is 11.8. The van der Waals surface area contributed by atoms with Gasteiger partial charge in [0, 0.05) is 12.1 Å². The third-order valence-corrected chi connectivity index (χ3v) is 4.24. The Balaban J connectivity index is 2.28. The van der Waals surface area contributed by atoms with Crippen LogP contribution in [0.25, 0.3) is 0 Å². The van der Waals surface area contributed by atoms with Crippen molar-refractivity contribution in [2.75, 3.05) is 13.6 Å². The second-order valence-electron chi connectivity index (χ2n) is 6.74. The first-order valence-electron chi connectivity index (χ1n) is 6.77. The highest BCUT2D eigenvalue weighted by molar-refractivity contribution is 4.87. The van der Waals surface area contributed by atoms with Crippen LogP contribution in [0.2, 0.25) is 0 Å². The quantitative estimate of drug-likeness (QED) is 0.781. The van der Waals surface area contributed by atoms with Crippen LogP contribution in [0.5, 0.6) is 0 Å². The molecule has 2 unspecified atom stereocenters. The zero-order chi connectivity index (χ0) is 12.3. The summed E-state index contributed by atoms with van der Waals surface area (Å²) in [5, 5.41) is 0. The largest absolute Gasteiger partial charge is 0.327 e. The number of hydrogen-bond acceptors (Lipinski definition) is 2. The van der Waals surface area contributed by atoms with E-state index in [0.29, 0.717) is 17.4 Å². The molecule has 2 N–H and O–H groups in total. The summed E-state index contributed by atoms with van der Waals surface area (Å²) < 4.78 is 0. The average Bonchev–Trinajstić information content (AvgIpc) is 2.54. The van der Waals surface area contributed by atoms with Gasteiger partial charge in [0.15, 0.2) is 0 Å². The Hall–Kier alpha value is -0.0800. The molecule has 0 bridgehead atoms. The summed E-state index contributed by atoms with van der Waals surface area (Å²) in [6.45, 7) is 10.4. The van der Waals surface area contributed by atoms with Crippen LogP contribution in [-0.2, 0) is 0 Å². The minimum absolute atomic E-state index is 0.358. The average molecular weight is 226 g/mol. The second kappa shape index (κ2) is 5.50. The molecule has 1 saturated carbocycles. The van der Waals surface area contributed by atoms with Crippen molar-refractivity contribution in [1.29, 1.82) is 0 Å².